The van der Waals surface area contributed by atoms with Crippen molar-refractivity contribution in [2.24, 2.45) is 7.05 Å². The molecule has 98 valence electrons. The summed E-state index contributed by atoms with van der Waals surface area (Å²) < 4.78 is 1.88. The van der Waals surface area contributed by atoms with Gasteiger partial charge in [0.1, 0.15) is 0 Å². The number of aromatic nitrogens is 2. The molecule has 1 aromatic rings. The number of nitrogens with zero attached hydrogens (tertiary/aromatic N) is 2. The lowest BCUT2D eigenvalue weighted by molar-refractivity contribution is 0.283. The van der Waals surface area contributed by atoms with Crippen molar-refractivity contribution >= 4 is 0 Å². The summed E-state index contributed by atoms with van der Waals surface area (Å²) in [6, 6.07) is 0. The molecule has 0 bridgehead atoms. The monoisotopic (exact) mass is 239 g/mol. The zero-order valence-corrected chi connectivity index (χ0v) is 11.5. The average Bonchev–Trinajstić information content (AvgIpc) is 2.59. The van der Waals surface area contributed by atoms with Gasteiger partial charge in [-0.2, -0.15) is 5.10 Å². The second kappa shape index (κ2) is 6.17. The van der Waals surface area contributed by atoms with Gasteiger partial charge < -0.3 is 10.4 Å². The molecule has 0 spiro atoms. The van der Waals surface area contributed by atoms with E-state index < -0.39 is 0 Å². The molecule has 4 heteroatoms. The van der Waals surface area contributed by atoms with Crippen molar-refractivity contribution < 1.29 is 5.11 Å². The summed E-state index contributed by atoms with van der Waals surface area (Å²) in [5.41, 5.74) is 2.52. The van der Waals surface area contributed by atoms with E-state index in [1.54, 1.807) is 0 Å². The highest BCUT2D eigenvalue weighted by Crippen LogP contribution is 2.23. The molecule has 0 atom stereocenters. The lowest BCUT2D eigenvalue weighted by atomic mass is 9.89. The van der Waals surface area contributed by atoms with E-state index in [2.05, 4.69) is 37.4 Å². The summed E-state index contributed by atoms with van der Waals surface area (Å²) >= 11 is 0. The van der Waals surface area contributed by atoms with Crippen LogP contribution in [0.15, 0.2) is 6.20 Å². The van der Waals surface area contributed by atoms with Crippen LogP contribution in [0.25, 0.3) is 0 Å². The second-order valence-electron chi connectivity index (χ2n) is 5.53. The number of rotatable bonds is 6. The number of nitrogens with one attached hydrogen (secondary N) is 1. The number of hydrogen-bond acceptors (Lipinski definition) is 3. The van der Waals surface area contributed by atoms with Gasteiger partial charge in [0, 0.05) is 37.4 Å². The van der Waals surface area contributed by atoms with Gasteiger partial charge in [0.05, 0.1) is 5.69 Å². The molecule has 0 saturated heterocycles. The van der Waals surface area contributed by atoms with Gasteiger partial charge in [-0.25, -0.2) is 0 Å². The highest BCUT2D eigenvalue weighted by molar-refractivity contribution is 5.23. The lowest BCUT2D eigenvalue weighted by Gasteiger charge is -2.17. The van der Waals surface area contributed by atoms with Gasteiger partial charge in [-0.15, -0.1) is 0 Å². The van der Waals surface area contributed by atoms with Crippen molar-refractivity contribution in [3.05, 3.63) is 17.5 Å². The smallest absolute Gasteiger partial charge is 0.0722 e. The third-order valence-corrected chi connectivity index (χ3v) is 2.69. The molecule has 0 radical (unpaired) electrons. The maximum atomic E-state index is 8.70. The minimum Gasteiger partial charge on any atom is -0.396 e. The van der Waals surface area contributed by atoms with Gasteiger partial charge in [0.25, 0.3) is 0 Å². The number of aryl methyl sites for hydroxylation is 1. The predicted octanol–water partition coefficient (Wildman–Crippen LogP) is 1.58. The van der Waals surface area contributed by atoms with Crippen molar-refractivity contribution in [3.63, 3.8) is 0 Å². The highest BCUT2D eigenvalue weighted by atomic mass is 16.2. The molecule has 1 rings (SSSR count). The summed E-state index contributed by atoms with van der Waals surface area (Å²) in [4.78, 5) is 0. The maximum Gasteiger partial charge on any atom is 0.0722 e. The minimum atomic E-state index is 0.0867. The molecule has 17 heavy (non-hydrogen) atoms. The first-order chi connectivity index (χ1) is 7.95. The topological polar surface area (TPSA) is 50.1 Å². The fourth-order valence-electron chi connectivity index (χ4n) is 1.88. The Morgan fingerprint density at radius 3 is 2.65 bits per heavy atom. The molecule has 2 N–H and O–H groups in total. The number of aliphatic hydroxyl groups is 1. The Kier molecular flexibility index (Phi) is 5.15. The van der Waals surface area contributed by atoms with Gasteiger partial charge in [0.15, 0.2) is 0 Å². The first-order valence-corrected chi connectivity index (χ1v) is 6.29. The molecule has 1 aromatic heterocycles. The van der Waals surface area contributed by atoms with E-state index in [4.69, 9.17) is 5.11 Å². The molecule has 4 nitrogen and oxygen atoms in total. The lowest BCUT2D eigenvalue weighted by Crippen LogP contribution is -2.20. The standard InChI is InChI=1S/C13H25N3O/c1-13(2,3)12-11(10-16(4)15-12)9-14-7-5-6-8-17/h10,14,17H,5-9H2,1-4H3. The summed E-state index contributed by atoms with van der Waals surface area (Å²) in [6.45, 7) is 8.63. The van der Waals surface area contributed by atoms with Crippen molar-refractivity contribution in [1.82, 2.24) is 15.1 Å². The zero-order valence-electron chi connectivity index (χ0n) is 11.5. The van der Waals surface area contributed by atoms with E-state index >= 15 is 0 Å². The van der Waals surface area contributed by atoms with E-state index in [0.717, 1.165) is 31.6 Å². The predicted molar refractivity (Wildman–Crippen MR) is 69.9 cm³/mol. The summed E-state index contributed by atoms with van der Waals surface area (Å²) in [6.07, 6.45) is 3.97. The van der Waals surface area contributed by atoms with Crippen LogP contribution in [0.4, 0.5) is 0 Å². The van der Waals surface area contributed by atoms with Gasteiger partial charge in [0.2, 0.25) is 0 Å². The van der Waals surface area contributed by atoms with E-state index in [9.17, 15) is 0 Å². The third-order valence-electron chi connectivity index (χ3n) is 2.69. The highest BCUT2D eigenvalue weighted by Gasteiger charge is 2.21. The molecular formula is C13H25N3O. The van der Waals surface area contributed by atoms with Gasteiger partial charge in [-0.3, -0.25) is 4.68 Å². The average molecular weight is 239 g/mol. The molecule has 0 fully saturated rings. The summed E-state index contributed by atoms with van der Waals surface area (Å²) in [5, 5.41) is 16.6. The molecule has 0 aromatic carbocycles. The Bertz CT molecular complexity index is 339. The van der Waals surface area contributed by atoms with E-state index in [0.29, 0.717) is 0 Å². The minimum absolute atomic E-state index is 0.0867. The second-order valence-corrected chi connectivity index (χ2v) is 5.53. The van der Waals surface area contributed by atoms with Gasteiger partial charge in [-0.05, 0) is 19.4 Å². The van der Waals surface area contributed by atoms with Crippen LogP contribution in [-0.4, -0.2) is 28.0 Å². The molecule has 0 aliphatic carbocycles. The van der Waals surface area contributed by atoms with Crippen molar-refractivity contribution in [2.45, 2.75) is 45.6 Å². The first-order valence-electron chi connectivity index (χ1n) is 6.29. The van der Waals surface area contributed by atoms with Crippen LogP contribution >= 0.6 is 0 Å². The van der Waals surface area contributed by atoms with Crippen LogP contribution in [-0.2, 0) is 19.0 Å². The normalized spacial score (nSPS) is 12.1. The summed E-state index contributed by atoms with van der Waals surface area (Å²) in [7, 11) is 1.96. The van der Waals surface area contributed by atoms with E-state index in [1.807, 2.05) is 11.7 Å². The molecule has 0 amide bonds. The maximum absolute atomic E-state index is 8.70. The molecule has 1 heterocycles. The van der Waals surface area contributed by atoms with Crippen molar-refractivity contribution in [2.75, 3.05) is 13.2 Å². The van der Waals surface area contributed by atoms with Crippen LogP contribution < -0.4 is 5.32 Å². The first kappa shape index (κ1) is 14.2. The Morgan fingerprint density at radius 2 is 2.06 bits per heavy atom. The number of hydrogen-bond donors (Lipinski definition) is 2. The Balaban J connectivity index is 2.53. The Labute approximate surface area is 104 Å². The largest absolute Gasteiger partial charge is 0.396 e. The van der Waals surface area contributed by atoms with Crippen LogP contribution in [0.5, 0.6) is 0 Å². The fourth-order valence-corrected chi connectivity index (χ4v) is 1.88. The van der Waals surface area contributed by atoms with E-state index in [-0.39, 0.29) is 12.0 Å². The Hall–Kier alpha value is -0.870. The van der Waals surface area contributed by atoms with Gasteiger partial charge in [-0.1, -0.05) is 20.8 Å². The van der Waals surface area contributed by atoms with Crippen LogP contribution in [0.1, 0.15) is 44.9 Å². The fraction of sp³-hybridized carbons (Fsp3) is 0.769. The van der Waals surface area contributed by atoms with Crippen molar-refractivity contribution in [1.29, 1.82) is 0 Å². The number of unbranched alkanes of at least 4 members (excludes halogenated alkanes) is 1. The number of aliphatic hydroxyl groups excluding tert-OH is 1. The quantitative estimate of drug-likeness (QED) is 0.741. The molecule has 0 saturated carbocycles. The molecule has 0 aliphatic rings. The Morgan fingerprint density at radius 1 is 1.35 bits per heavy atom. The van der Waals surface area contributed by atoms with Crippen LogP contribution in [0.2, 0.25) is 0 Å². The van der Waals surface area contributed by atoms with Crippen LogP contribution in [0, 0.1) is 0 Å². The van der Waals surface area contributed by atoms with Crippen molar-refractivity contribution in [3.8, 4) is 0 Å². The van der Waals surface area contributed by atoms with Crippen LogP contribution in [0.3, 0.4) is 0 Å². The molecule has 0 aliphatic heterocycles. The van der Waals surface area contributed by atoms with E-state index in [1.165, 1.54) is 5.56 Å². The van der Waals surface area contributed by atoms with Gasteiger partial charge >= 0.3 is 0 Å². The zero-order chi connectivity index (χ0) is 12.9. The third kappa shape index (κ3) is 4.48. The molecular weight excluding hydrogens is 214 g/mol. The SMILES string of the molecule is Cn1cc(CNCCCCO)c(C(C)(C)C)n1. The molecule has 0 unspecified atom stereocenters. The summed E-state index contributed by atoms with van der Waals surface area (Å²) in [5.74, 6) is 0.